The number of hydrogen-bond donors (Lipinski definition) is 2. The molecule has 0 spiro atoms. The lowest BCUT2D eigenvalue weighted by molar-refractivity contribution is -0.116. The molecular weight excluding hydrogens is 400 g/mol. The number of hydrogen-bond acceptors (Lipinski definition) is 5. The Kier molecular flexibility index (Phi) is 5.96. The lowest BCUT2D eigenvalue weighted by atomic mass is 10.1. The van der Waals surface area contributed by atoms with Crippen molar-refractivity contribution in [3.63, 3.8) is 0 Å². The zero-order valence-electron chi connectivity index (χ0n) is 16.5. The highest BCUT2D eigenvalue weighted by Crippen LogP contribution is 2.20. The summed E-state index contributed by atoms with van der Waals surface area (Å²) in [5.41, 5.74) is 0.598. The van der Waals surface area contributed by atoms with Crippen molar-refractivity contribution in [1.29, 1.82) is 0 Å². The second-order valence-corrected chi connectivity index (χ2v) is 9.07. The number of carbonyl (C=O) groups is 1. The molecule has 1 aromatic heterocycles. The number of rotatable bonds is 7. The molecule has 0 radical (unpaired) electrons. The van der Waals surface area contributed by atoms with E-state index in [0.29, 0.717) is 5.69 Å². The van der Waals surface area contributed by atoms with Gasteiger partial charge in [-0.2, -0.15) is 0 Å². The molecule has 156 valence electrons. The molecular formula is C22H24N4O3S. The van der Waals surface area contributed by atoms with Crippen molar-refractivity contribution in [2.24, 2.45) is 0 Å². The van der Waals surface area contributed by atoms with E-state index in [1.165, 1.54) is 12.8 Å². The Labute approximate surface area is 176 Å². The van der Waals surface area contributed by atoms with Crippen molar-refractivity contribution in [2.75, 3.05) is 29.9 Å². The highest BCUT2D eigenvalue weighted by Gasteiger charge is 2.16. The first kappa shape index (κ1) is 20.3. The predicted molar refractivity (Wildman–Crippen MR) is 118 cm³/mol. The van der Waals surface area contributed by atoms with E-state index in [4.69, 9.17) is 0 Å². The van der Waals surface area contributed by atoms with Gasteiger partial charge in [0.05, 0.1) is 16.8 Å². The van der Waals surface area contributed by atoms with Crippen LogP contribution < -0.4 is 14.9 Å². The minimum Gasteiger partial charge on any atom is -0.357 e. The zero-order chi connectivity index (χ0) is 21.0. The average molecular weight is 425 g/mol. The predicted octanol–water partition coefficient (Wildman–Crippen LogP) is 3.14. The summed E-state index contributed by atoms with van der Waals surface area (Å²) in [6.45, 7) is 2.03. The molecule has 0 unspecified atom stereocenters. The summed E-state index contributed by atoms with van der Waals surface area (Å²) in [4.78, 5) is 19.0. The van der Waals surface area contributed by atoms with Crippen molar-refractivity contribution >= 4 is 38.2 Å². The smallest absolute Gasteiger partial charge is 0.240 e. The number of anilines is 2. The lowest BCUT2D eigenvalue weighted by Gasteiger charge is -2.16. The van der Waals surface area contributed by atoms with E-state index in [-0.39, 0.29) is 23.8 Å². The second-order valence-electron chi connectivity index (χ2n) is 7.30. The van der Waals surface area contributed by atoms with Gasteiger partial charge in [0.25, 0.3) is 0 Å². The molecule has 7 nitrogen and oxygen atoms in total. The van der Waals surface area contributed by atoms with Crippen LogP contribution in [0.1, 0.15) is 19.3 Å². The number of carbonyl (C=O) groups excluding carboxylic acids is 1. The minimum atomic E-state index is -3.68. The molecule has 4 rings (SSSR count). The van der Waals surface area contributed by atoms with Crippen molar-refractivity contribution in [3.8, 4) is 0 Å². The van der Waals surface area contributed by atoms with Gasteiger partial charge in [-0.25, -0.2) is 18.1 Å². The Balaban J connectivity index is 1.30. The summed E-state index contributed by atoms with van der Waals surface area (Å²) in [7, 11) is -3.68. The zero-order valence-corrected chi connectivity index (χ0v) is 17.4. The van der Waals surface area contributed by atoms with Crippen LogP contribution >= 0.6 is 0 Å². The second kappa shape index (κ2) is 8.81. The van der Waals surface area contributed by atoms with Crippen LogP contribution in [0.2, 0.25) is 0 Å². The Hall–Kier alpha value is -2.97. The van der Waals surface area contributed by atoms with Gasteiger partial charge >= 0.3 is 0 Å². The van der Waals surface area contributed by atoms with Crippen LogP contribution in [0, 0.1) is 0 Å². The van der Waals surface area contributed by atoms with Crippen molar-refractivity contribution in [1.82, 2.24) is 9.71 Å². The molecule has 1 aliphatic heterocycles. The number of benzene rings is 2. The molecule has 1 fully saturated rings. The number of nitrogens with zero attached hydrogens (tertiary/aromatic N) is 2. The van der Waals surface area contributed by atoms with E-state index < -0.39 is 10.0 Å². The summed E-state index contributed by atoms with van der Waals surface area (Å²) in [5.74, 6) is 0.639. The largest absolute Gasteiger partial charge is 0.357 e. The fourth-order valence-electron chi connectivity index (χ4n) is 3.53. The standard InChI is InChI=1S/C22H24N4O3S/c27-22(25-19-8-10-21(23-16-19)26-13-3-4-14-26)11-12-24-30(28,29)20-9-7-17-5-1-2-6-18(17)15-20/h1-2,5-10,15-16,24H,3-4,11-14H2,(H,25,27). The van der Waals surface area contributed by atoms with Gasteiger partial charge in [-0.15, -0.1) is 0 Å². The van der Waals surface area contributed by atoms with Gasteiger partial charge in [-0.1, -0.05) is 30.3 Å². The van der Waals surface area contributed by atoms with Crippen LogP contribution in [0.3, 0.4) is 0 Å². The molecule has 1 saturated heterocycles. The number of aromatic nitrogens is 1. The molecule has 0 saturated carbocycles. The molecule has 0 aliphatic carbocycles. The van der Waals surface area contributed by atoms with Crippen LogP contribution in [-0.2, 0) is 14.8 Å². The summed E-state index contributed by atoms with van der Waals surface area (Å²) in [6.07, 6.45) is 4.01. The monoisotopic (exact) mass is 424 g/mol. The fourth-order valence-corrected chi connectivity index (χ4v) is 4.60. The maximum Gasteiger partial charge on any atom is 0.240 e. The first-order valence-electron chi connectivity index (χ1n) is 10.0. The van der Waals surface area contributed by atoms with Gasteiger partial charge in [0.1, 0.15) is 5.82 Å². The van der Waals surface area contributed by atoms with E-state index >= 15 is 0 Å². The van der Waals surface area contributed by atoms with Gasteiger partial charge in [0, 0.05) is 26.1 Å². The molecule has 1 amide bonds. The lowest BCUT2D eigenvalue weighted by Crippen LogP contribution is -2.27. The normalized spacial score (nSPS) is 14.2. The van der Waals surface area contributed by atoms with Gasteiger partial charge in [-0.3, -0.25) is 4.79 Å². The van der Waals surface area contributed by atoms with E-state index in [0.717, 1.165) is 29.7 Å². The molecule has 0 bridgehead atoms. The first-order chi connectivity index (χ1) is 14.5. The summed E-state index contributed by atoms with van der Waals surface area (Å²) in [6, 6.07) is 16.2. The topological polar surface area (TPSA) is 91.4 Å². The molecule has 0 atom stereocenters. The Bertz CT molecular complexity index is 1140. The summed E-state index contributed by atoms with van der Waals surface area (Å²) < 4.78 is 27.5. The number of pyridine rings is 1. The van der Waals surface area contributed by atoms with Crippen LogP contribution in [-0.4, -0.2) is 38.9 Å². The maximum atomic E-state index is 12.5. The Morgan fingerprint density at radius 3 is 2.50 bits per heavy atom. The Morgan fingerprint density at radius 1 is 1.00 bits per heavy atom. The third-order valence-corrected chi connectivity index (χ3v) is 6.60. The van der Waals surface area contributed by atoms with E-state index in [9.17, 15) is 13.2 Å². The fraction of sp³-hybridized carbons (Fsp3) is 0.273. The Morgan fingerprint density at radius 2 is 1.77 bits per heavy atom. The number of nitrogens with one attached hydrogen (secondary N) is 2. The number of fused-ring (bicyclic) bond motifs is 1. The quantitative estimate of drug-likeness (QED) is 0.608. The molecule has 2 aromatic carbocycles. The average Bonchev–Trinajstić information content (AvgIpc) is 3.29. The maximum absolute atomic E-state index is 12.5. The highest BCUT2D eigenvalue weighted by atomic mass is 32.2. The molecule has 30 heavy (non-hydrogen) atoms. The molecule has 8 heteroatoms. The molecule has 2 heterocycles. The van der Waals surface area contributed by atoms with Crippen LogP contribution in [0.15, 0.2) is 65.7 Å². The minimum absolute atomic E-state index is 0.0142. The van der Waals surface area contributed by atoms with Crippen LogP contribution in [0.25, 0.3) is 10.8 Å². The highest BCUT2D eigenvalue weighted by molar-refractivity contribution is 7.89. The third kappa shape index (κ3) is 4.77. The summed E-state index contributed by atoms with van der Waals surface area (Å²) in [5, 5.41) is 4.58. The van der Waals surface area contributed by atoms with Gasteiger partial charge in [0.15, 0.2) is 0 Å². The third-order valence-electron chi connectivity index (χ3n) is 5.14. The SMILES string of the molecule is O=C(CCNS(=O)(=O)c1ccc2ccccc2c1)Nc1ccc(N2CCCC2)nc1. The number of sulfonamides is 1. The van der Waals surface area contributed by atoms with Crippen LogP contribution in [0.5, 0.6) is 0 Å². The van der Waals surface area contributed by atoms with E-state index in [1.54, 1.807) is 24.4 Å². The number of amides is 1. The molecule has 2 N–H and O–H groups in total. The van der Waals surface area contributed by atoms with Crippen molar-refractivity contribution < 1.29 is 13.2 Å². The molecule has 1 aliphatic rings. The van der Waals surface area contributed by atoms with E-state index in [2.05, 4.69) is 19.9 Å². The van der Waals surface area contributed by atoms with Gasteiger partial charge in [0.2, 0.25) is 15.9 Å². The van der Waals surface area contributed by atoms with Crippen molar-refractivity contribution in [2.45, 2.75) is 24.2 Å². The van der Waals surface area contributed by atoms with Gasteiger partial charge in [-0.05, 0) is 47.9 Å². The molecule has 3 aromatic rings. The first-order valence-corrected chi connectivity index (χ1v) is 11.5. The van der Waals surface area contributed by atoms with Crippen LogP contribution in [0.4, 0.5) is 11.5 Å². The van der Waals surface area contributed by atoms with E-state index in [1.807, 2.05) is 36.4 Å². The van der Waals surface area contributed by atoms with Gasteiger partial charge < -0.3 is 10.2 Å². The van der Waals surface area contributed by atoms with Crippen molar-refractivity contribution in [3.05, 3.63) is 60.8 Å². The summed E-state index contributed by atoms with van der Waals surface area (Å²) >= 11 is 0.